The van der Waals surface area contributed by atoms with Crippen molar-refractivity contribution in [1.29, 1.82) is 0 Å². The molecule has 548 valence electrons. The number of aliphatic hydroxyl groups excluding tert-OH is 1. The molecule has 0 amide bonds. The van der Waals surface area contributed by atoms with Crippen LogP contribution in [0.3, 0.4) is 0 Å². The molecule has 12 rings (SSSR count). The zero-order valence-corrected chi connectivity index (χ0v) is 56.2. The monoisotopic (exact) mass is 1530 g/mol. The van der Waals surface area contributed by atoms with Crippen molar-refractivity contribution >= 4 is 85.3 Å². The van der Waals surface area contributed by atoms with E-state index >= 15 is 0 Å². The molecule has 16 N–H and O–H groups in total. The summed E-state index contributed by atoms with van der Waals surface area (Å²) < 4.78 is 151. The Kier molecular flexibility index (Phi) is 21.5. The van der Waals surface area contributed by atoms with Crippen LogP contribution in [0.5, 0.6) is 0 Å². The van der Waals surface area contributed by atoms with Gasteiger partial charge in [0, 0.05) is 60.8 Å². The van der Waals surface area contributed by atoms with Crippen molar-refractivity contribution in [2.24, 2.45) is 0 Å². The fraction of sp³-hybridized carbons (Fsp3) is 0.542. The fourth-order valence-corrected chi connectivity index (χ4v) is 15.6. The number of hydrogen-bond acceptors (Lipinski definition) is 36. The number of nitrogen functional groups attached to an aromatic ring is 4. The summed E-state index contributed by atoms with van der Waals surface area (Å²) in [5.74, 6) is -0.697. The predicted molar refractivity (Wildman–Crippen MR) is 331 cm³/mol. The number of hydrogen-bond donors (Lipinski definition) is 12. The van der Waals surface area contributed by atoms with Gasteiger partial charge in [-0.1, -0.05) is 0 Å². The van der Waals surface area contributed by atoms with Crippen LogP contribution in [0.2, 0.25) is 0 Å². The second-order valence-corrected chi connectivity index (χ2v) is 29.3. The molecule has 0 aromatic carbocycles. The maximum atomic E-state index is 14.2. The van der Waals surface area contributed by atoms with E-state index < -0.39 is 219 Å². The average molecular weight is 1530 g/mol. The molecule has 0 saturated carbocycles. The number of rotatable bonds is 28. The molecule has 12 heterocycles. The molecule has 5 fully saturated rings. The van der Waals surface area contributed by atoms with Gasteiger partial charge in [-0.25, -0.2) is 52.6 Å². The number of aromatic nitrogens is 14. The normalized spacial score (nSPS) is 29.5. The molecular formula is C48H62N18O30P5+. The molecule has 53 heteroatoms. The maximum absolute atomic E-state index is 14.2. The molecule has 20 atom stereocenters. The third-order valence-electron chi connectivity index (χ3n) is 16.2. The highest BCUT2D eigenvalue weighted by Crippen LogP contribution is 2.55. The van der Waals surface area contributed by atoms with Gasteiger partial charge in [0.2, 0.25) is 5.95 Å². The van der Waals surface area contributed by atoms with Crippen LogP contribution in [-0.2, 0) is 87.2 Å². The number of imidazole rings is 2. The number of aryl methyl sites for hydroxylation is 1. The van der Waals surface area contributed by atoms with Crippen LogP contribution in [0.4, 0.5) is 23.4 Å². The first-order chi connectivity index (χ1) is 47.7. The van der Waals surface area contributed by atoms with E-state index in [4.69, 9.17) is 87.3 Å². The highest BCUT2D eigenvalue weighted by Gasteiger charge is 2.50. The van der Waals surface area contributed by atoms with Gasteiger partial charge in [-0.3, -0.25) is 78.6 Å². The van der Waals surface area contributed by atoms with Crippen LogP contribution in [0.1, 0.15) is 68.8 Å². The Morgan fingerprint density at radius 1 is 0.535 bits per heavy atom. The minimum Gasteiger partial charge on any atom is -0.390 e. The van der Waals surface area contributed by atoms with Gasteiger partial charge in [0.1, 0.15) is 116 Å². The van der Waals surface area contributed by atoms with Crippen LogP contribution in [0, 0.1) is 6.92 Å². The zero-order valence-electron chi connectivity index (χ0n) is 51.7. The van der Waals surface area contributed by atoms with E-state index in [1.807, 2.05) is 0 Å². The lowest BCUT2D eigenvalue weighted by Crippen LogP contribution is -2.33. The summed E-state index contributed by atoms with van der Waals surface area (Å²) in [5.41, 5.74) is 19.0. The highest BCUT2D eigenvalue weighted by molar-refractivity contribution is 7.48. The van der Waals surface area contributed by atoms with E-state index in [1.54, 1.807) is 0 Å². The number of phosphoric acid groups is 4. The number of anilines is 4. The van der Waals surface area contributed by atoms with Crippen molar-refractivity contribution in [3.05, 3.63) is 107 Å². The number of nitrogens with one attached hydrogen (secondary N) is 2. The first-order valence-electron chi connectivity index (χ1n) is 29.8. The molecule has 7 aromatic rings. The summed E-state index contributed by atoms with van der Waals surface area (Å²) in [7, 11) is -25.0. The number of ether oxygens (including phenoxy) is 5. The summed E-state index contributed by atoms with van der Waals surface area (Å²) >= 11 is 0. The molecule has 5 aliphatic heterocycles. The van der Waals surface area contributed by atoms with Crippen LogP contribution in [0.25, 0.3) is 22.3 Å². The SMILES string of the molecule is Cc1cn([C@H]2C[C@H](OP(=O)(O)OC[C@H]3O[C@@H](n4ccc(N)nc4=O)C[C@@H]3OP(=O)(O)OC[C@H]3O[C@@H](n4ccc(N)nc4=O)C[C@@H]3OP(=O)(O)OC[C@H]3O[C@@H](n4cnc5c(=O)[nH]c(N)nc54)C[C@@H]3OP(=O)(O)OC[C@H]3O[C@@H](n4cnc5c(N)ncnc54)C[C@@H]3O)[C@@H](CO[P+](=O)O)O2)c(=O)[nH]c1=O. The largest absolute Gasteiger partial charge is 0.694 e. The number of phosphoric ester groups is 4. The molecular weight excluding hydrogens is 1460 g/mol. The van der Waals surface area contributed by atoms with E-state index in [0.717, 1.165) is 38.6 Å². The Labute approximate surface area is 562 Å². The Balaban J connectivity index is 0.732. The number of nitrogens with zero attached hydrogens (tertiary/aromatic N) is 12. The quantitative estimate of drug-likeness (QED) is 0.0239. The van der Waals surface area contributed by atoms with Crippen molar-refractivity contribution in [1.82, 2.24) is 67.7 Å². The van der Waals surface area contributed by atoms with E-state index in [9.17, 15) is 76.4 Å². The standard InChI is InChI=1S/C48H61N18O30P5/c1-20-11-64(48(72)61-43(20)68)36-9-22(27(89-36)12-83-97(73)74)93-99(77,78)85-14-28-23(7-34(90-28)62-4-2-31(49)57-46(62)70)94-100(79,80)86-15-29-24(8-35(91-29)63-5-3-32(50)58-47(63)71)95-101(81,82)87-16-30-25(10-37(92-30)66-19-56-39-42(66)59-45(52)60-44(39)69)96-98(75,76)84-13-26-21(67)6-33(88-26)65-18-55-38-40(51)53-17-54-41(38)65/h2-5,11,17-19,21-30,33-37,67H,6-10,12-16H2,1H3,(H14-,49,50,51,52,53,54,57,58,59,60,61,68,69,70,71,72,73,74,75,76,77,78,79,80,81,82)/p+1/t21-,22-,23-,24-,25-,26+,27+,28+,29+,30+,33+,34+,35+,36+,37+/m0/s1. The lowest BCUT2D eigenvalue weighted by atomic mass is 10.2. The molecule has 5 aliphatic rings. The van der Waals surface area contributed by atoms with Gasteiger partial charge >= 0.3 is 56.6 Å². The van der Waals surface area contributed by atoms with Gasteiger partial charge in [0.15, 0.2) is 22.6 Å². The van der Waals surface area contributed by atoms with Crippen molar-refractivity contribution in [2.45, 2.75) is 131 Å². The van der Waals surface area contributed by atoms with Gasteiger partial charge < -0.3 is 71.3 Å². The Hall–Kier alpha value is -7.24. The summed E-state index contributed by atoms with van der Waals surface area (Å²) in [6.45, 7) is -3.28. The summed E-state index contributed by atoms with van der Waals surface area (Å²) in [6, 6.07) is 2.39. The number of aliphatic hydroxyl groups is 1. The molecule has 5 saturated heterocycles. The van der Waals surface area contributed by atoms with E-state index in [2.05, 4.69) is 44.9 Å². The Bertz CT molecular complexity index is 4790. The van der Waals surface area contributed by atoms with Gasteiger partial charge in [0.25, 0.3) is 11.1 Å². The summed E-state index contributed by atoms with van der Waals surface area (Å²) in [5, 5.41) is 11.0. The molecule has 0 bridgehead atoms. The molecule has 5 unspecified atom stereocenters. The second-order valence-electron chi connectivity index (χ2n) is 23.0. The van der Waals surface area contributed by atoms with Crippen molar-refractivity contribution in [2.75, 3.05) is 56.0 Å². The van der Waals surface area contributed by atoms with Crippen LogP contribution >= 0.6 is 39.5 Å². The average Bonchev–Trinajstić information content (AvgIpc) is 1.66. The van der Waals surface area contributed by atoms with Crippen LogP contribution in [-0.4, -0.2) is 191 Å². The molecule has 48 nitrogen and oxygen atoms in total. The maximum Gasteiger partial charge on any atom is 0.694 e. The number of aromatic amines is 2. The highest BCUT2D eigenvalue weighted by atomic mass is 31.2. The minimum atomic E-state index is -5.54. The zero-order chi connectivity index (χ0) is 72.2. The van der Waals surface area contributed by atoms with Gasteiger partial charge in [-0.2, -0.15) is 15.0 Å². The van der Waals surface area contributed by atoms with Gasteiger partial charge in [0.05, 0.1) is 45.2 Å². The number of nitrogens with two attached hydrogens (primary N) is 4. The molecule has 0 spiro atoms. The molecule has 0 aliphatic carbocycles. The third kappa shape index (κ3) is 17.0. The predicted octanol–water partition coefficient (Wildman–Crippen LogP) is -1.87. The smallest absolute Gasteiger partial charge is 0.390 e. The number of fused-ring (bicyclic) bond motifs is 2. The summed E-state index contributed by atoms with van der Waals surface area (Å²) in [6.07, 6.45) is -17.0. The minimum absolute atomic E-state index is 0.0605. The van der Waals surface area contributed by atoms with Crippen LogP contribution < -0.4 is 51.1 Å². The summed E-state index contributed by atoms with van der Waals surface area (Å²) in [4.78, 5) is 150. The van der Waals surface area contributed by atoms with Crippen LogP contribution in [0.15, 0.2) is 73.7 Å². The Morgan fingerprint density at radius 2 is 0.950 bits per heavy atom. The lowest BCUT2D eigenvalue weighted by molar-refractivity contribution is -0.0641. The Morgan fingerprint density at radius 3 is 1.43 bits per heavy atom. The molecule has 101 heavy (non-hydrogen) atoms. The van der Waals surface area contributed by atoms with Crippen molar-refractivity contribution in [3.8, 4) is 0 Å². The van der Waals surface area contributed by atoms with Gasteiger partial charge in [-0.15, -0.1) is 9.42 Å². The van der Waals surface area contributed by atoms with E-state index in [-0.39, 0.29) is 57.7 Å². The topological polar surface area (TPSA) is 672 Å². The molecule has 7 aromatic heterocycles. The van der Waals surface area contributed by atoms with E-state index in [0.29, 0.717) is 0 Å². The third-order valence-corrected chi connectivity index (χ3v) is 20.6. The second kappa shape index (κ2) is 29.5. The first kappa shape index (κ1) is 73.5. The number of H-pyrrole nitrogens is 2. The lowest BCUT2D eigenvalue weighted by Gasteiger charge is -2.25. The van der Waals surface area contributed by atoms with Crippen molar-refractivity contribution < 1.29 is 117 Å². The van der Waals surface area contributed by atoms with E-state index in [1.165, 1.54) is 40.8 Å². The van der Waals surface area contributed by atoms with Crippen molar-refractivity contribution in [3.63, 3.8) is 0 Å². The molecule has 0 radical (unpaired) electrons. The first-order valence-corrected chi connectivity index (χ1v) is 36.9. The fourth-order valence-electron chi connectivity index (χ4n) is 11.5. The van der Waals surface area contributed by atoms with Gasteiger partial charge in [-0.05, 0) is 19.1 Å².